The minimum absolute atomic E-state index is 0.0423. The van der Waals surface area contributed by atoms with E-state index in [1.807, 2.05) is 0 Å². The molecule has 2 N–H and O–H groups in total. The van der Waals surface area contributed by atoms with Crippen molar-refractivity contribution in [1.82, 2.24) is 4.83 Å². The molecule has 0 aliphatic heterocycles. The van der Waals surface area contributed by atoms with Gasteiger partial charge < -0.3 is 9.84 Å². The van der Waals surface area contributed by atoms with Crippen LogP contribution in [-0.2, 0) is 10.0 Å². The molecule has 0 bridgehead atoms. The van der Waals surface area contributed by atoms with E-state index < -0.39 is 10.0 Å². The maximum atomic E-state index is 12.2. The van der Waals surface area contributed by atoms with Gasteiger partial charge in [-0.05, 0) is 49.4 Å². The molecule has 2 aromatic rings. The first-order chi connectivity index (χ1) is 10.8. The number of aromatic hydroxyl groups is 1. The number of sulfonamides is 1. The third-order valence-corrected chi connectivity index (χ3v) is 4.51. The number of halogens is 1. The highest BCUT2D eigenvalue weighted by atomic mass is 35.5. The number of ether oxygens (including phenoxy) is 1. The summed E-state index contributed by atoms with van der Waals surface area (Å²) in [6.07, 6.45) is 0. The van der Waals surface area contributed by atoms with Crippen molar-refractivity contribution in [2.45, 2.75) is 11.8 Å². The lowest BCUT2D eigenvalue weighted by molar-refractivity contribution is 0.414. The van der Waals surface area contributed by atoms with Gasteiger partial charge in [0.25, 0.3) is 10.0 Å². The van der Waals surface area contributed by atoms with Crippen LogP contribution >= 0.6 is 11.6 Å². The number of nitrogens with zero attached hydrogens (tertiary/aromatic N) is 1. The maximum Gasteiger partial charge on any atom is 0.276 e. The van der Waals surface area contributed by atoms with Crippen molar-refractivity contribution in [1.29, 1.82) is 0 Å². The standard InChI is InChI=1S/C15H15ClN2O4S/c1-10(14-9-11(16)3-8-15(14)19)17-18-23(20,21)13-6-4-12(22-2)5-7-13/h3-9,18-19H,1-2H3. The summed E-state index contributed by atoms with van der Waals surface area (Å²) in [6.45, 7) is 1.56. The fourth-order valence-corrected chi connectivity index (χ4v) is 2.82. The van der Waals surface area contributed by atoms with E-state index in [0.717, 1.165) is 0 Å². The van der Waals surface area contributed by atoms with Gasteiger partial charge in [-0.2, -0.15) is 18.4 Å². The average molecular weight is 355 g/mol. The fourth-order valence-electron chi connectivity index (χ4n) is 1.79. The Kier molecular flexibility index (Phi) is 5.12. The first kappa shape index (κ1) is 17.1. The van der Waals surface area contributed by atoms with Crippen LogP contribution in [0.25, 0.3) is 0 Å². The normalized spacial score (nSPS) is 12.0. The van der Waals surface area contributed by atoms with Crippen molar-refractivity contribution >= 4 is 27.3 Å². The molecule has 2 aromatic carbocycles. The number of hydrogen-bond acceptors (Lipinski definition) is 5. The van der Waals surface area contributed by atoms with Crippen molar-refractivity contribution in [3.05, 3.63) is 53.1 Å². The highest BCUT2D eigenvalue weighted by Crippen LogP contribution is 2.22. The Hall–Kier alpha value is -2.25. The van der Waals surface area contributed by atoms with Gasteiger partial charge in [0.15, 0.2) is 0 Å². The van der Waals surface area contributed by atoms with E-state index in [-0.39, 0.29) is 16.4 Å². The second kappa shape index (κ2) is 6.89. The number of nitrogens with one attached hydrogen (secondary N) is 1. The number of methoxy groups -OCH3 is 1. The molecule has 0 unspecified atom stereocenters. The van der Waals surface area contributed by atoms with Crippen LogP contribution in [-0.4, -0.2) is 26.3 Å². The van der Waals surface area contributed by atoms with Crippen LogP contribution in [0.4, 0.5) is 0 Å². The average Bonchev–Trinajstić information content (AvgIpc) is 2.55. The molecule has 0 radical (unpaired) electrons. The van der Waals surface area contributed by atoms with Gasteiger partial charge in [-0.15, -0.1) is 0 Å². The molecule has 0 saturated carbocycles. The van der Waals surface area contributed by atoms with Crippen LogP contribution in [0.15, 0.2) is 52.5 Å². The predicted octanol–water partition coefficient (Wildman–Crippen LogP) is 2.76. The van der Waals surface area contributed by atoms with Crippen molar-refractivity contribution in [2.75, 3.05) is 7.11 Å². The van der Waals surface area contributed by atoms with Crippen LogP contribution in [0.2, 0.25) is 5.02 Å². The largest absolute Gasteiger partial charge is 0.507 e. The molecule has 0 aliphatic rings. The Morgan fingerprint density at radius 3 is 2.48 bits per heavy atom. The molecule has 0 aliphatic carbocycles. The van der Waals surface area contributed by atoms with Gasteiger partial charge in [-0.25, -0.2) is 0 Å². The lowest BCUT2D eigenvalue weighted by Crippen LogP contribution is -2.20. The Morgan fingerprint density at radius 1 is 1.22 bits per heavy atom. The summed E-state index contributed by atoms with van der Waals surface area (Å²) in [7, 11) is -2.33. The number of benzene rings is 2. The molecule has 8 heteroatoms. The van der Waals surface area contributed by atoms with Crippen LogP contribution < -0.4 is 9.57 Å². The van der Waals surface area contributed by atoms with E-state index >= 15 is 0 Å². The summed E-state index contributed by atoms with van der Waals surface area (Å²) in [5.74, 6) is 0.506. The minimum atomic E-state index is -3.82. The molecule has 122 valence electrons. The van der Waals surface area contributed by atoms with Gasteiger partial charge in [0, 0.05) is 10.6 Å². The van der Waals surface area contributed by atoms with E-state index in [2.05, 4.69) is 9.93 Å². The monoisotopic (exact) mass is 354 g/mol. The number of phenolic OH excluding ortho intramolecular Hbond substituents is 1. The Bertz CT molecular complexity index is 833. The highest BCUT2D eigenvalue weighted by Gasteiger charge is 2.14. The molecule has 2 rings (SSSR count). The van der Waals surface area contributed by atoms with Gasteiger partial charge in [0.2, 0.25) is 0 Å². The van der Waals surface area contributed by atoms with Gasteiger partial charge in [-0.3, -0.25) is 0 Å². The predicted molar refractivity (Wildman–Crippen MR) is 88.6 cm³/mol. The van der Waals surface area contributed by atoms with Crippen LogP contribution in [0.3, 0.4) is 0 Å². The number of hydrogen-bond donors (Lipinski definition) is 2. The van der Waals surface area contributed by atoms with E-state index in [4.69, 9.17) is 16.3 Å². The lowest BCUT2D eigenvalue weighted by Gasteiger charge is -2.07. The maximum absolute atomic E-state index is 12.2. The van der Waals surface area contributed by atoms with E-state index in [9.17, 15) is 13.5 Å². The molecular weight excluding hydrogens is 340 g/mol. The molecule has 0 amide bonds. The zero-order valence-electron chi connectivity index (χ0n) is 12.4. The molecule has 6 nitrogen and oxygen atoms in total. The Morgan fingerprint density at radius 2 is 1.87 bits per heavy atom. The molecule has 0 atom stereocenters. The topological polar surface area (TPSA) is 88.0 Å². The fraction of sp³-hybridized carbons (Fsp3) is 0.133. The molecule has 0 spiro atoms. The third-order valence-electron chi connectivity index (χ3n) is 3.05. The smallest absolute Gasteiger partial charge is 0.276 e. The quantitative estimate of drug-likeness (QED) is 0.638. The summed E-state index contributed by atoms with van der Waals surface area (Å²) in [4.78, 5) is 2.17. The summed E-state index contributed by atoms with van der Waals surface area (Å²) >= 11 is 5.86. The molecule has 23 heavy (non-hydrogen) atoms. The lowest BCUT2D eigenvalue weighted by atomic mass is 10.1. The zero-order valence-corrected chi connectivity index (χ0v) is 14.0. The van der Waals surface area contributed by atoms with E-state index in [0.29, 0.717) is 16.3 Å². The summed E-state index contributed by atoms with van der Waals surface area (Å²) in [5, 5.41) is 14.0. The van der Waals surface area contributed by atoms with Gasteiger partial charge in [0.05, 0.1) is 17.7 Å². The van der Waals surface area contributed by atoms with Crippen LogP contribution in [0.1, 0.15) is 12.5 Å². The molecule has 0 heterocycles. The number of rotatable bonds is 5. The summed E-state index contributed by atoms with van der Waals surface area (Å²) in [5.41, 5.74) is 0.622. The SMILES string of the molecule is COc1ccc(S(=O)(=O)NN=C(C)c2cc(Cl)ccc2O)cc1. The highest BCUT2D eigenvalue weighted by molar-refractivity contribution is 7.89. The Balaban J connectivity index is 2.24. The molecule has 0 saturated heterocycles. The van der Waals surface area contributed by atoms with Crippen LogP contribution in [0, 0.1) is 0 Å². The second-order valence-electron chi connectivity index (χ2n) is 4.63. The first-order valence-corrected chi connectivity index (χ1v) is 8.38. The van der Waals surface area contributed by atoms with Gasteiger partial charge in [-0.1, -0.05) is 11.6 Å². The van der Waals surface area contributed by atoms with Gasteiger partial charge >= 0.3 is 0 Å². The zero-order chi connectivity index (χ0) is 17.0. The Labute approximate surface area is 139 Å². The van der Waals surface area contributed by atoms with Crippen molar-refractivity contribution < 1.29 is 18.3 Å². The third kappa shape index (κ3) is 4.14. The first-order valence-electron chi connectivity index (χ1n) is 6.52. The van der Waals surface area contributed by atoms with Crippen LogP contribution in [0.5, 0.6) is 11.5 Å². The molecule has 0 fully saturated rings. The van der Waals surface area contributed by atoms with Gasteiger partial charge in [0.1, 0.15) is 11.5 Å². The number of hydrazone groups is 1. The van der Waals surface area contributed by atoms with Crippen molar-refractivity contribution in [3.63, 3.8) is 0 Å². The second-order valence-corrected chi connectivity index (χ2v) is 6.73. The van der Waals surface area contributed by atoms with E-state index in [1.54, 1.807) is 6.92 Å². The van der Waals surface area contributed by atoms with Crippen molar-refractivity contribution in [3.8, 4) is 11.5 Å². The molecular formula is C15H15ClN2O4S. The van der Waals surface area contributed by atoms with Crippen molar-refractivity contribution in [2.24, 2.45) is 5.10 Å². The number of phenols is 1. The summed E-state index contributed by atoms with van der Waals surface area (Å²) in [6, 6.07) is 10.3. The molecule has 0 aromatic heterocycles. The summed E-state index contributed by atoms with van der Waals surface area (Å²) < 4.78 is 29.3. The van der Waals surface area contributed by atoms with E-state index in [1.165, 1.54) is 49.6 Å². The minimum Gasteiger partial charge on any atom is -0.507 e.